The number of hydrogen-bond donors (Lipinski definition) is 4. The van der Waals surface area contributed by atoms with Crippen LogP contribution in [0.25, 0.3) is 33.1 Å². The fourth-order valence-corrected chi connectivity index (χ4v) is 5.19. The molecular weight excluding hydrogens is 651 g/mol. The number of rotatable bonds is 5. The molecular formula is C30H28BrClF3N5O3. The van der Waals surface area contributed by atoms with Gasteiger partial charge in [-0.1, -0.05) is 45.8 Å². The van der Waals surface area contributed by atoms with Gasteiger partial charge < -0.3 is 21.1 Å². The third-order valence-electron chi connectivity index (χ3n) is 6.71. The lowest BCUT2D eigenvalue weighted by Gasteiger charge is -2.23. The highest BCUT2D eigenvalue weighted by Gasteiger charge is 2.38. The van der Waals surface area contributed by atoms with E-state index in [4.69, 9.17) is 32.2 Å². The van der Waals surface area contributed by atoms with Crippen molar-refractivity contribution in [1.82, 2.24) is 20.2 Å². The van der Waals surface area contributed by atoms with Gasteiger partial charge >= 0.3 is 12.1 Å². The van der Waals surface area contributed by atoms with E-state index >= 15 is 0 Å². The van der Waals surface area contributed by atoms with Crippen LogP contribution in [0.3, 0.4) is 0 Å². The monoisotopic (exact) mass is 677 g/mol. The van der Waals surface area contributed by atoms with Gasteiger partial charge in [0.05, 0.1) is 28.3 Å². The molecule has 0 atom stereocenters. The van der Waals surface area contributed by atoms with Gasteiger partial charge in [-0.05, 0) is 62.3 Å². The Morgan fingerprint density at radius 3 is 2.53 bits per heavy atom. The van der Waals surface area contributed by atoms with Crippen LogP contribution in [0.1, 0.15) is 35.2 Å². The van der Waals surface area contributed by atoms with Gasteiger partial charge in [0.15, 0.2) is 0 Å². The number of aliphatic carboxylic acids is 1. The summed E-state index contributed by atoms with van der Waals surface area (Å²) in [5, 5.41) is 12.3. The molecule has 43 heavy (non-hydrogen) atoms. The third kappa shape index (κ3) is 8.26. The fourth-order valence-electron chi connectivity index (χ4n) is 4.62. The van der Waals surface area contributed by atoms with Gasteiger partial charge in [-0.3, -0.25) is 9.69 Å². The van der Waals surface area contributed by atoms with Gasteiger partial charge in [0.1, 0.15) is 0 Å². The molecule has 4 aromatic rings. The number of nitrogens with one attached hydrogen (secondary N) is 2. The Balaban J connectivity index is 0.000000541. The number of carboxylic acids is 1. The molecule has 0 bridgehead atoms. The van der Waals surface area contributed by atoms with Crippen molar-refractivity contribution >= 4 is 61.2 Å². The maximum atomic E-state index is 13.2. The summed E-state index contributed by atoms with van der Waals surface area (Å²) in [6.45, 7) is 3.63. The molecule has 1 fully saturated rings. The van der Waals surface area contributed by atoms with Crippen LogP contribution in [0, 0.1) is 11.8 Å². The highest BCUT2D eigenvalue weighted by atomic mass is 79.9. The van der Waals surface area contributed by atoms with E-state index < -0.39 is 12.1 Å². The molecule has 5 N–H and O–H groups in total. The minimum atomic E-state index is -5.08. The number of nitrogens with two attached hydrogens (primary N) is 1. The van der Waals surface area contributed by atoms with Gasteiger partial charge in [0, 0.05) is 51.2 Å². The lowest BCUT2D eigenvalue weighted by atomic mass is 10.0. The Bertz CT molecular complexity index is 1710. The molecule has 2 aromatic heterocycles. The minimum Gasteiger partial charge on any atom is -0.475 e. The summed E-state index contributed by atoms with van der Waals surface area (Å²) in [6, 6.07) is 11.5. The number of pyridine rings is 1. The molecule has 1 aliphatic heterocycles. The first kappa shape index (κ1) is 32.3. The molecule has 13 heteroatoms. The number of hydrogen-bond acceptors (Lipinski definition) is 5. The average Bonchev–Trinajstić information content (AvgIpc) is 3.39. The number of aromatic amines is 1. The van der Waals surface area contributed by atoms with Crippen LogP contribution < -0.4 is 11.1 Å². The van der Waals surface area contributed by atoms with Crippen molar-refractivity contribution in [3.8, 4) is 23.1 Å². The van der Waals surface area contributed by atoms with Crippen molar-refractivity contribution < 1.29 is 27.9 Å². The molecule has 5 rings (SSSR count). The van der Waals surface area contributed by atoms with Crippen LogP contribution in [-0.2, 0) is 4.79 Å². The normalized spacial score (nSPS) is 13.6. The number of nitrogens with zero attached hydrogens (tertiary/aromatic N) is 2. The Kier molecular flexibility index (Phi) is 10.7. The van der Waals surface area contributed by atoms with Crippen molar-refractivity contribution in [2.75, 3.05) is 32.7 Å². The summed E-state index contributed by atoms with van der Waals surface area (Å²) in [5.41, 5.74) is 10.1. The van der Waals surface area contributed by atoms with Gasteiger partial charge in [0.2, 0.25) is 0 Å². The summed E-state index contributed by atoms with van der Waals surface area (Å²) in [4.78, 5) is 32.6. The predicted octanol–water partition coefficient (Wildman–Crippen LogP) is 5.96. The molecule has 8 nitrogen and oxygen atoms in total. The minimum absolute atomic E-state index is 0.204. The molecule has 0 saturated carbocycles. The van der Waals surface area contributed by atoms with Crippen molar-refractivity contribution in [1.29, 1.82) is 0 Å². The molecule has 0 aliphatic carbocycles. The Morgan fingerprint density at radius 2 is 1.86 bits per heavy atom. The summed E-state index contributed by atoms with van der Waals surface area (Å²) in [5.74, 6) is 3.52. The van der Waals surface area contributed by atoms with Crippen molar-refractivity contribution in [3.63, 3.8) is 0 Å². The molecule has 226 valence electrons. The van der Waals surface area contributed by atoms with Crippen LogP contribution in [0.4, 0.5) is 13.2 Å². The van der Waals surface area contributed by atoms with Crippen molar-refractivity contribution in [2.24, 2.45) is 5.73 Å². The number of alkyl halides is 3. The zero-order valence-electron chi connectivity index (χ0n) is 22.8. The lowest BCUT2D eigenvalue weighted by Crippen LogP contribution is -2.29. The van der Waals surface area contributed by atoms with Crippen molar-refractivity contribution in [3.05, 3.63) is 63.2 Å². The van der Waals surface area contributed by atoms with Gasteiger partial charge in [0.25, 0.3) is 5.91 Å². The number of halogens is 5. The van der Waals surface area contributed by atoms with E-state index in [9.17, 15) is 18.0 Å². The summed E-state index contributed by atoms with van der Waals surface area (Å²) in [6.07, 6.45) is 0.567. The quantitative estimate of drug-likeness (QED) is 0.193. The van der Waals surface area contributed by atoms with Crippen LogP contribution in [-0.4, -0.2) is 70.8 Å². The second-order valence-corrected chi connectivity index (χ2v) is 11.1. The largest absolute Gasteiger partial charge is 0.490 e. The number of carbonyl (C=O) groups is 2. The first-order chi connectivity index (χ1) is 20.5. The number of H-pyrrole nitrogens is 1. The molecule has 1 saturated heterocycles. The zero-order valence-corrected chi connectivity index (χ0v) is 25.2. The predicted molar refractivity (Wildman–Crippen MR) is 164 cm³/mol. The van der Waals surface area contributed by atoms with E-state index in [1.54, 1.807) is 6.07 Å². The van der Waals surface area contributed by atoms with Crippen LogP contribution >= 0.6 is 27.5 Å². The number of amides is 1. The second-order valence-electron chi connectivity index (χ2n) is 9.78. The third-order valence-corrected chi connectivity index (χ3v) is 7.51. The number of carboxylic acid groups (broad SMARTS) is 1. The van der Waals surface area contributed by atoms with E-state index in [0.29, 0.717) is 52.4 Å². The fraction of sp³-hybridized carbons (Fsp3) is 0.300. The highest BCUT2D eigenvalue weighted by molar-refractivity contribution is 9.10. The Morgan fingerprint density at radius 1 is 1.14 bits per heavy atom. The topological polar surface area (TPSA) is 124 Å². The van der Waals surface area contributed by atoms with Crippen LogP contribution in [0.2, 0.25) is 5.02 Å². The molecule has 0 unspecified atom stereocenters. The molecule has 3 heterocycles. The van der Waals surface area contributed by atoms with Crippen LogP contribution in [0.15, 0.2) is 47.1 Å². The van der Waals surface area contributed by atoms with E-state index in [1.165, 1.54) is 19.3 Å². The van der Waals surface area contributed by atoms with E-state index in [0.717, 1.165) is 34.0 Å². The highest BCUT2D eigenvalue weighted by Crippen LogP contribution is 2.33. The first-order valence-corrected chi connectivity index (χ1v) is 14.6. The lowest BCUT2D eigenvalue weighted by molar-refractivity contribution is -0.192. The SMILES string of the molecule is NCCNC(=O)c1cc(-c2c[nH]c3ccc(Br)cc23)nc2cc(Cl)c(C#CCN3CCCCC3)cc12.O=C(O)C(F)(F)F. The van der Waals surface area contributed by atoms with E-state index in [2.05, 4.69) is 43.0 Å². The molecule has 2 aromatic carbocycles. The average molecular weight is 679 g/mol. The standard InChI is InChI=1S/C28H27BrClN5O.C2HF3O2/c29-19-6-7-25-21(14-19)23(17-33-25)26-15-22(28(36)32-9-8-31)20-13-18(24(30)16-27(20)34-26)5-4-12-35-10-2-1-3-11-35;3-2(4,5)1(6)7/h6-7,13-17,33H,1-3,8-12,31H2,(H,32,36);(H,6,7). The van der Waals surface area contributed by atoms with E-state index in [-0.39, 0.29) is 5.91 Å². The zero-order chi connectivity index (χ0) is 31.1. The molecule has 1 amide bonds. The number of piperidine rings is 1. The maximum Gasteiger partial charge on any atom is 0.490 e. The van der Waals surface area contributed by atoms with Crippen molar-refractivity contribution in [2.45, 2.75) is 25.4 Å². The molecule has 0 spiro atoms. The number of aromatic nitrogens is 2. The first-order valence-electron chi connectivity index (χ1n) is 13.4. The van der Waals surface area contributed by atoms with Gasteiger partial charge in [-0.15, -0.1) is 0 Å². The maximum absolute atomic E-state index is 13.2. The summed E-state index contributed by atoms with van der Waals surface area (Å²) < 4.78 is 32.7. The summed E-state index contributed by atoms with van der Waals surface area (Å²) in [7, 11) is 0. The van der Waals surface area contributed by atoms with E-state index in [1.807, 2.05) is 36.5 Å². The Hall–Kier alpha value is -3.63. The smallest absolute Gasteiger partial charge is 0.475 e. The Labute approximate surface area is 258 Å². The molecule has 0 radical (unpaired) electrons. The van der Waals surface area contributed by atoms with Gasteiger partial charge in [-0.25, -0.2) is 9.78 Å². The number of fused-ring (bicyclic) bond motifs is 2. The van der Waals surface area contributed by atoms with Gasteiger partial charge in [-0.2, -0.15) is 13.2 Å². The number of likely N-dealkylation sites (tertiary alicyclic amines) is 1. The number of benzene rings is 2. The van der Waals surface area contributed by atoms with Crippen LogP contribution in [0.5, 0.6) is 0 Å². The summed E-state index contributed by atoms with van der Waals surface area (Å²) >= 11 is 10.2. The number of carbonyl (C=O) groups excluding carboxylic acids is 1. The molecule has 1 aliphatic rings. The second kappa shape index (κ2) is 14.2.